The number of methoxy groups -OCH3 is 1. The highest BCUT2D eigenvalue weighted by molar-refractivity contribution is 5.93. The number of hydrogen-bond donors (Lipinski definition) is 1. The number of amides is 1. The first-order chi connectivity index (χ1) is 13.7. The van der Waals surface area contributed by atoms with Crippen LogP contribution in [0.3, 0.4) is 0 Å². The van der Waals surface area contributed by atoms with Gasteiger partial charge in [-0.25, -0.2) is 9.97 Å². The van der Waals surface area contributed by atoms with Gasteiger partial charge in [-0.05, 0) is 26.0 Å². The number of rotatable bonds is 7. The molecule has 0 unspecified atom stereocenters. The van der Waals surface area contributed by atoms with E-state index in [0.29, 0.717) is 36.2 Å². The molecule has 0 radical (unpaired) electrons. The average Bonchev–Trinajstić information content (AvgIpc) is 2.75. The molecule has 6 heteroatoms. The average molecular weight is 376 g/mol. The summed E-state index contributed by atoms with van der Waals surface area (Å²) >= 11 is 0. The van der Waals surface area contributed by atoms with E-state index in [-0.39, 0.29) is 5.91 Å². The van der Waals surface area contributed by atoms with Crippen molar-refractivity contribution < 1.29 is 9.53 Å². The lowest BCUT2D eigenvalue weighted by Gasteiger charge is -2.19. The molecular weight excluding hydrogens is 352 g/mol. The number of anilines is 2. The van der Waals surface area contributed by atoms with E-state index in [1.807, 2.05) is 68.4 Å². The van der Waals surface area contributed by atoms with Gasteiger partial charge in [-0.2, -0.15) is 0 Å². The monoisotopic (exact) mass is 376 g/mol. The lowest BCUT2D eigenvalue weighted by Crippen LogP contribution is -2.31. The van der Waals surface area contributed by atoms with E-state index in [2.05, 4.69) is 15.3 Å². The number of aromatic nitrogens is 2. The largest absolute Gasteiger partial charge is 0.495 e. The summed E-state index contributed by atoms with van der Waals surface area (Å²) in [4.78, 5) is 23.8. The molecule has 2 aromatic carbocycles. The van der Waals surface area contributed by atoms with Gasteiger partial charge in [-0.1, -0.05) is 42.5 Å². The quantitative estimate of drug-likeness (QED) is 0.663. The standard InChI is InChI=1S/C22H24N4O2/c1-4-26(5-2)22(27)18-15-20(23-17-13-9-10-14-19(17)28-3)25-21(24-18)16-11-7-6-8-12-16/h6-15H,4-5H2,1-3H3,(H,23,24,25). The molecule has 0 spiro atoms. The van der Waals surface area contributed by atoms with Crippen LogP contribution in [-0.2, 0) is 0 Å². The van der Waals surface area contributed by atoms with E-state index in [1.54, 1.807) is 18.1 Å². The Morgan fingerprint density at radius 3 is 2.36 bits per heavy atom. The summed E-state index contributed by atoms with van der Waals surface area (Å²) in [6.07, 6.45) is 0. The zero-order valence-corrected chi connectivity index (χ0v) is 16.3. The maximum Gasteiger partial charge on any atom is 0.272 e. The number of para-hydroxylation sites is 2. The second kappa shape index (κ2) is 8.99. The fourth-order valence-electron chi connectivity index (χ4n) is 2.90. The van der Waals surface area contributed by atoms with E-state index in [4.69, 9.17) is 4.74 Å². The molecule has 0 atom stereocenters. The Morgan fingerprint density at radius 2 is 1.68 bits per heavy atom. The third-order valence-electron chi connectivity index (χ3n) is 4.40. The minimum Gasteiger partial charge on any atom is -0.495 e. The van der Waals surface area contributed by atoms with E-state index in [0.717, 1.165) is 11.3 Å². The molecule has 144 valence electrons. The van der Waals surface area contributed by atoms with E-state index >= 15 is 0 Å². The minimum absolute atomic E-state index is 0.118. The number of benzene rings is 2. The normalized spacial score (nSPS) is 10.4. The Hall–Kier alpha value is -3.41. The maximum atomic E-state index is 12.9. The van der Waals surface area contributed by atoms with Crippen molar-refractivity contribution in [3.05, 3.63) is 66.4 Å². The minimum atomic E-state index is -0.118. The summed E-state index contributed by atoms with van der Waals surface area (Å²) in [6.45, 7) is 5.15. The summed E-state index contributed by atoms with van der Waals surface area (Å²) in [6, 6.07) is 18.9. The van der Waals surface area contributed by atoms with Crippen molar-refractivity contribution in [1.29, 1.82) is 0 Å². The van der Waals surface area contributed by atoms with Gasteiger partial charge in [-0.3, -0.25) is 4.79 Å². The molecule has 1 heterocycles. The number of nitrogens with zero attached hydrogens (tertiary/aromatic N) is 3. The van der Waals surface area contributed by atoms with Crippen molar-refractivity contribution in [2.24, 2.45) is 0 Å². The van der Waals surface area contributed by atoms with Gasteiger partial charge < -0.3 is 15.0 Å². The Morgan fingerprint density at radius 1 is 1.00 bits per heavy atom. The van der Waals surface area contributed by atoms with E-state index in [9.17, 15) is 4.79 Å². The van der Waals surface area contributed by atoms with Crippen LogP contribution in [0.15, 0.2) is 60.7 Å². The zero-order valence-electron chi connectivity index (χ0n) is 16.3. The van der Waals surface area contributed by atoms with Gasteiger partial charge >= 0.3 is 0 Å². The SMILES string of the molecule is CCN(CC)C(=O)c1cc(Nc2ccccc2OC)nc(-c2ccccc2)n1. The fraction of sp³-hybridized carbons (Fsp3) is 0.227. The molecule has 28 heavy (non-hydrogen) atoms. The Labute approximate surface area is 165 Å². The van der Waals surface area contributed by atoms with Gasteiger partial charge in [-0.15, -0.1) is 0 Å². The highest BCUT2D eigenvalue weighted by Crippen LogP contribution is 2.27. The highest BCUT2D eigenvalue weighted by atomic mass is 16.5. The first-order valence-electron chi connectivity index (χ1n) is 9.30. The van der Waals surface area contributed by atoms with Crippen LogP contribution in [0.2, 0.25) is 0 Å². The first-order valence-corrected chi connectivity index (χ1v) is 9.30. The van der Waals surface area contributed by atoms with Crippen molar-refractivity contribution in [1.82, 2.24) is 14.9 Å². The molecule has 1 N–H and O–H groups in total. The van der Waals surface area contributed by atoms with Crippen molar-refractivity contribution in [3.8, 4) is 17.1 Å². The van der Waals surface area contributed by atoms with Gasteiger partial charge in [0, 0.05) is 24.7 Å². The predicted molar refractivity (Wildman–Crippen MR) is 111 cm³/mol. The Kier molecular flexibility index (Phi) is 6.22. The maximum absolute atomic E-state index is 12.9. The third kappa shape index (κ3) is 4.28. The lowest BCUT2D eigenvalue weighted by molar-refractivity contribution is 0.0767. The zero-order chi connectivity index (χ0) is 19.9. The molecule has 6 nitrogen and oxygen atoms in total. The first kappa shape index (κ1) is 19.4. The van der Waals surface area contributed by atoms with E-state index < -0.39 is 0 Å². The molecule has 0 saturated carbocycles. The van der Waals surface area contributed by atoms with Gasteiger partial charge in [0.05, 0.1) is 12.8 Å². The summed E-state index contributed by atoms with van der Waals surface area (Å²) in [5.41, 5.74) is 1.97. The smallest absolute Gasteiger partial charge is 0.272 e. The number of hydrogen-bond acceptors (Lipinski definition) is 5. The molecule has 0 bridgehead atoms. The topological polar surface area (TPSA) is 67.4 Å². The van der Waals surface area contributed by atoms with Crippen molar-refractivity contribution in [3.63, 3.8) is 0 Å². The van der Waals surface area contributed by atoms with Crippen LogP contribution in [0.4, 0.5) is 11.5 Å². The Bertz CT molecular complexity index is 940. The van der Waals surface area contributed by atoms with Gasteiger partial charge in [0.25, 0.3) is 5.91 Å². The second-order valence-electron chi connectivity index (χ2n) is 6.13. The lowest BCUT2D eigenvalue weighted by atomic mass is 10.2. The Balaban J connectivity index is 2.06. The van der Waals surface area contributed by atoms with Crippen LogP contribution in [0.25, 0.3) is 11.4 Å². The molecule has 0 aliphatic carbocycles. The fourth-order valence-corrected chi connectivity index (χ4v) is 2.90. The second-order valence-corrected chi connectivity index (χ2v) is 6.13. The van der Waals surface area contributed by atoms with Crippen LogP contribution in [0.1, 0.15) is 24.3 Å². The number of carbonyl (C=O) groups excluding carboxylic acids is 1. The van der Waals surface area contributed by atoms with Crippen LogP contribution in [0.5, 0.6) is 5.75 Å². The van der Waals surface area contributed by atoms with Crippen molar-refractivity contribution >= 4 is 17.4 Å². The summed E-state index contributed by atoms with van der Waals surface area (Å²) in [5.74, 6) is 1.61. The molecular formula is C22H24N4O2. The van der Waals surface area contributed by atoms with E-state index in [1.165, 1.54) is 0 Å². The summed E-state index contributed by atoms with van der Waals surface area (Å²) < 4.78 is 5.40. The molecule has 1 amide bonds. The molecule has 3 rings (SSSR count). The predicted octanol–water partition coefficient (Wildman–Crippen LogP) is 4.38. The molecule has 1 aromatic heterocycles. The molecule has 0 fully saturated rings. The molecule has 3 aromatic rings. The van der Waals surface area contributed by atoms with Crippen LogP contribution in [0, 0.1) is 0 Å². The van der Waals surface area contributed by atoms with Gasteiger partial charge in [0.15, 0.2) is 5.82 Å². The number of carbonyl (C=O) groups is 1. The van der Waals surface area contributed by atoms with Gasteiger partial charge in [0.1, 0.15) is 17.3 Å². The third-order valence-corrected chi connectivity index (χ3v) is 4.40. The van der Waals surface area contributed by atoms with Gasteiger partial charge in [0.2, 0.25) is 0 Å². The molecule has 0 aliphatic rings. The molecule has 0 saturated heterocycles. The summed E-state index contributed by atoms with van der Waals surface area (Å²) in [7, 11) is 1.62. The summed E-state index contributed by atoms with van der Waals surface area (Å²) in [5, 5.41) is 3.26. The van der Waals surface area contributed by atoms with Crippen LogP contribution < -0.4 is 10.1 Å². The molecule has 0 aliphatic heterocycles. The van der Waals surface area contributed by atoms with Crippen molar-refractivity contribution in [2.75, 3.05) is 25.5 Å². The number of ether oxygens (including phenoxy) is 1. The van der Waals surface area contributed by atoms with Crippen LogP contribution in [-0.4, -0.2) is 41.0 Å². The van der Waals surface area contributed by atoms with Crippen molar-refractivity contribution in [2.45, 2.75) is 13.8 Å². The number of nitrogens with one attached hydrogen (secondary N) is 1. The van der Waals surface area contributed by atoms with Crippen LogP contribution >= 0.6 is 0 Å². The highest BCUT2D eigenvalue weighted by Gasteiger charge is 2.18.